The number of hydrogen-bond acceptors (Lipinski definition) is 4. The smallest absolute Gasteiger partial charge is 0.337 e. The minimum atomic E-state index is -0.981. The van der Waals surface area contributed by atoms with Gasteiger partial charge in [0.2, 0.25) is 0 Å². The molecule has 1 atom stereocenters. The van der Waals surface area contributed by atoms with Crippen LogP contribution in [0.1, 0.15) is 28.8 Å². The van der Waals surface area contributed by atoms with Crippen molar-refractivity contribution >= 4 is 11.9 Å². The molecule has 5 nitrogen and oxygen atoms in total. The molecule has 0 radical (unpaired) electrons. The average Bonchev–Trinajstić information content (AvgIpc) is 2.35. The number of esters is 1. The summed E-state index contributed by atoms with van der Waals surface area (Å²) >= 11 is 0. The second kappa shape index (κ2) is 5.34. The number of methoxy groups -OCH3 is 2. The first kappa shape index (κ1) is 13.0. The third kappa shape index (κ3) is 2.75. The van der Waals surface area contributed by atoms with Gasteiger partial charge in [0.15, 0.2) is 0 Å². The molecule has 92 valence electrons. The van der Waals surface area contributed by atoms with Gasteiger partial charge in [-0.05, 0) is 25.1 Å². The maximum absolute atomic E-state index is 11.3. The van der Waals surface area contributed by atoms with Crippen molar-refractivity contribution in [1.29, 1.82) is 0 Å². The highest BCUT2D eigenvalue weighted by Gasteiger charge is 2.20. The number of hydrogen-bond donors (Lipinski definition) is 1. The Labute approximate surface area is 99.0 Å². The van der Waals surface area contributed by atoms with E-state index in [4.69, 9.17) is 9.84 Å². The van der Waals surface area contributed by atoms with Gasteiger partial charge in [0.25, 0.3) is 0 Å². The van der Waals surface area contributed by atoms with Gasteiger partial charge in [0.05, 0.1) is 25.7 Å². The Morgan fingerprint density at radius 1 is 1.29 bits per heavy atom. The van der Waals surface area contributed by atoms with Gasteiger partial charge in [-0.1, -0.05) is 0 Å². The van der Waals surface area contributed by atoms with Crippen molar-refractivity contribution in [3.8, 4) is 5.75 Å². The molecule has 0 spiro atoms. The molecular formula is C12H14O5. The molecule has 0 aliphatic heterocycles. The Morgan fingerprint density at radius 2 is 1.94 bits per heavy atom. The fraction of sp³-hybridized carbons (Fsp3) is 0.333. The minimum absolute atomic E-state index is 0.302. The number of carbonyl (C=O) groups is 2. The quantitative estimate of drug-likeness (QED) is 0.808. The lowest BCUT2D eigenvalue weighted by Crippen LogP contribution is -2.11. The highest BCUT2D eigenvalue weighted by molar-refractivity contribution is 5.90. The van der Waals surface area contributed by atoms with Crippen molar-refractivity contribution < 1.29 is 24.2 Å². The topological polar surface area (TPSA) is 72.8 Å². The van der Waals surface area contributed by atoms with Gasteiger partial charge in [-0.25, -0.2) is 4.79 Å². The minimum Gasteiger partial charge on any atom is -0.496 e. The van der Waals surface area contributed by atoms with Gasteiger partial charge in [0.1, 0.15) is 5.75 Å². The highest BCUT2D eigenvalue weighted by atomic mass is 16.5. The molecule has 0 aromatic heterocycles. The Hall–Kier alpha value is -2.04. The molecule has 0 aliphatic rings. The van der Waals surface area contributed by atoms with Crippen LogP contribution < -0.4 is 4.74 Å². The number of rotatable bonds is 4. The number of carboxylic acids is 1. The van der Waals surface area contributed by atoms with Crippen LogP contribution in [0.25, 0.3) is 0 Å². The summed E-state index contributed by atoms with van der Waals surface area (Å²) in [5, 5.41) is 8.97. The van der Waals surface area contributed by atoms with E-state index in [1.807, 2.05) is 0 Å². The van der Waals surface area contributed by atoms with E-state index in [1.54, 1.807) is 6.07 Å². The van der Waals surface area contributed by atoms with Crippen LogP contribution in [0.15, 0.2) is 18.2 Å². The summed E-state index contributed by atoms with van der Waals surface area (Å²) in [5.74, 6) is -1.81. The second-order valence-corrected chi connectivity index (χ2v) is 3.51. The summed E-state index contributed by atoms with van der Waals surface area (Å²) in [5.41, 5.74) is 0.749. The van der Waals surface area contributed by atoms with Crippen molar-refractivity contribution in [3.05, 3.63) is 29.3 Å². The average molecular weight is 238 g/mol. The Morgan fingerprint density at radius 3 is 2.41 bits per heavy atom. The molecule has 1 unspecified atom stereocenters. The summed E-state index contributed by atoms with van der Waals surface area (Å²) in [4.78, 5) is 22.3. The van der Waals surface area contributed by atoms with E-state index in [9.17, 15) is 9.59 Å². The number of benzene rings is 1. The predicted octanol–water partition coefficient (Wildman–Crippen LogP) is 1.67. The lowest BCUT2D eigenvalue weighted by atomic mass is 9.98. The van der Waals surface area contributed by atoms with Crippen molar-refractivity contribution in [1.82, 2.24) is 0 Å². The predicted molar refractivity (Wildman–Crippen MR) is 60.4 cm³/mol. The molecule has 0 aliphatic carbocycles. The zero-order valence-corrected chi connectivity index (χ0v) is 9.89. The van der Waals surface area contributed by atoms with E-state index >= 15 is 0 Å². The van der Waals surface area contributed by atoms with Crippen LogP contribution in [0, 0.1) is 0 Å². The van der Waals surface area contributed by atoms with Gasteiger partial charge in [0, 0.05) is 5.56 Å². The Balaban J connectivity index is 3.24. The third-order valence-electron chi connectivity index (χ3n) is 2.49. The molecule has 1 N–H and O–H groups in total. The van der Waals surface area contributed by atoms with Crippen molar-refractivity contribution in [2.24, 2.45) is 0 Å². The monoisotopic (exact) mass is 238 g/mol. The third-order valence-corrected chi connectivity index (χ3v) is 2.49. The maximum atomic E-state index is 11.3. The van der Waals surface area contributed by atoms with Crippen LogP contribution in [0.5, 0.6) is 5.75 Å². The molecule has 0 heterocycles. The Bertz CT molecular complexity index is 439. The van der Waals surface area contributed by atoms with Crippen LogP contribution in [-0.2, 0) is 9.53 Å². The second-order valence-electron chi connectivity index (χ2n) is 3.51. The van der Waals surface area contributed by atoms with Gasteiger partial charge in [-0.3, -0.25) is 4.79 Å². The Kier molecular flexibility index (Phi) is 4.09. The SMILES string of the molecule is COC(=O)c1ccc(OC)c(C(C)C(=O)O)c1. The van der Waals surface area contributed by atoms with Crippen LogP contribution >= 0.6 is 0 Å². The molecule has 0 saturated carbocycles. The van der Waals surface area contributed by atoms with Gasteiger partial charge in [-0.2, -0.15) is 0 Å². The van der Waals surface area contributed by atoms with E-state index in [0.29, 0.717) is 16.9 Å². The normalized spacial score (nSPS) is 11.7. The van der Waals surface area contributed by atoms with Crippen molar-refractivity contribution in [3.63, 3.8) is 0 Å². The molecule has 0 bridgehead atoms. The number of carbonyl (C=O) groups excluding carboxylic acids is 1. The van der Waals surface area contributed by atoms with Crippen LogP contribution in [0.4, 0.5) is 0 Å². The van der Waals surface area contributed by atoms with Crippen LogP contribution in [0.3, 0.4) is 0 Å². The summed E-state index contributed by atoms with van der Waals surface area (Å²) in [7, 11) is 2.72. The largest absolute Gasteiger partial charge is 0.496 e. The fourth-order valence-corrected chi connectivity index (χ4v) is 1.45. The molecule has 1 aromatic rings. The zero-order valence-electron chi connectivity index (χ0n) is 9.89. The molecule has 5 heteroatoms. The molecule has 1 rings (SSSR count). The first-order valence-electron chi connectivity index (χ1n) is 5.00. The van der Waals surface area contributed by atoms with Crippen molar-refractivity contribution in [2.45, 2.75) is 12.8 Å². The standard InChI is InChI=1S/C12H14O5/c1-7(11(13)14)9-6-8(12(15)17-3)4-5-10(9)16-2/h4-7H,1-3H3,(H,13,14). The summed E-state index contributed by atoms with van der Waals surface area (Å²) < 4.78 is 9.65. The fourth-order valence-electron chi connectivity index (χ4n) is 1.45. The first-order valence-corrected chi connectivity index (χ1v) is 5.00. The molecule has 1 aromatic carbocycles. The summed E-state index contributed by atoms with van der Waals surface area (Å²) in [6.45, 7) is 1.53. The number of aliphatic carboxylic acids is 1. The van der Waals surface area contributed by atoms with Crippen molar-refractivity contribution in [2.75, 3.05) is 14.2 Å². The molecule has 17 heavy (non-hydrogen) atoms. The maximum Gasteiger partial charge on any atom is 0.337 e. The van der Waals surface area contributed by atoms with Gasteiger partial charge in [-0.15, -0.1) is 0 Å². The number of carboxylic acid groups (broad SMARTS) is 1. The lowest BCUT2D eigenvalue weighted by Gasteiger charge is -2.13. The summed E-state index contributed by atoms with van der Waals surface area (Å²) in [6.07, 6.45) is 0. The summed E-state index contributed by atoms with van der Waals surface area (Å²) in [6, 6.07) is 4.56. The van der Waals surface area contributed by atoms with E-state index in [0.717, 1.165) is 0 Å². The highest BCUT2D eigenvalue weighted by Crippen LogP contribution is 2.28. The molecule has 0 saturated heterocycles. The molecular weight excluding hydrogens is 224 g/mol. The molecule has 0 amide bonds. The van der Waals surface area contributed by atoms with E-state index in [2.05, 4.69) is 4.74 Å². The zero-order chi connectivity index (χ0) is 13.0. The van der Waals surface area contributed by atoms with Crippen LogP contribution in [0.2, 0.25) is 0 Å². The first-order chi connectivity index (χ1) is 8.01. The van der Waals surface area contributed by atoms with E-state index in [-0.39, 0.29) is 0 Å². The van der Waals surface area contributed by atoms with Gasteiger partial charge >= 0.3 is 11.9 Å². The lowest BCUT2D eigenvalue weighted by molar-refractivity contribution is -0.138. The van der Waals surface area contributed by atoms with E-state index < -0.39 is 17.9 Å². The number of ether oxygens (including phenoxy) is 2. The van der Waals surface area contributed by atoms with Crippen LogP contribution in [-0.4, -0.2) is 31.3 Å². The molecule has 0 fully saturated rings. The van der Waals surface area contributed by atoms with Gasteiger partial charge < -0.3 is 14.6 Å². The van der Waals surface area contributed by atoms with E-state index in [1.165, 1.54) is 33.3 Å².